The molecule has 1 heterocycles. The van der Waals surface area contributed by atoms with Crippen molar-refractivity contribution >= 4 is 29.2 Å². The van der Waals surface area contributed by atoms with Crippen molar-refractivity contribution in [2.24, 2.45) is 0 Å². The first-order valence-corrected chi connectivity index (χ1v) is 7.34. The highest BCUT2D eigenvalue weighted by atomic mass is 35.5. The molecular formula is C14H17Cl2FN2O2. The van der Waals surface area contributed by atoms with Crippen LogP contribution in [0, 0.1) is 5.82 Å². The first-order valence-electron chi connectivity index (χ1n) is 6.59. The maximum atomic E-state index is 13.8. The average Bonchev–Trinajstić information content (AvgIpc) is 2.42. The number of rotatable bonds is 3. The average molecular weight is 335 g/mol. The number of carboxylic acid groups (broad SMARTS) is 1. The van der Waals surface area contributed by atoms with Crippen molar-refractivity contribution in [3.05, 3.63) is 33.6 Å². The van der Waals surface area contributed by atoms with Crippen molar-refractivity contribution in [3.63, 3.8) is 0 Å². The molecule has 2 rings (SSSR count). The molecule has 0 amide bonds. The van der Waals surface area contributed by atoms with Gasteiger partial charge in [0.15, 0.2) is 0 Å². The molecule has 116 valence electrons. The number of nitrogens with zero attached hydrogens (tertiary/aromatic N) is 2. The highest BCUT2D eigenvalue weighted by Gasteiger charge is 2.44. The van der Waals surface area contributed by atoms with Crippen molar-refractivity contribution < 1.29 is 14.3 Å². The highest BCUT2D eigenvalue weighted by Crippen LogP contribution is 2.37. The summed E-state index contributed by atoms with van der Waals surface area (Å²) in [6, 6.07) is 2.38. The summed E-state index contributed by atoms with van der Waals surface area (Å²) in [6.07, 6.45) is 0. The Bertz CT molecular complexity index is 562. The van der Waals surface area contributed by atoms with Crippen molar-refractivity contribution in [1.82, 2.24) is 9.80 Å². The van der Waals surface area contributed by atoms with Crippen LogP contribution in [0.15, 0.2) is 12.1 Å². The zero-order valence-electron chi connectivity index (χ0n) is 11.9. The Morgan fingerprint density at radius 1 is 1.24 bits per heavy atom. The summed E-state index contributed by atoms with van der Waals surface area (Å²) >= 11 is 11.8. The van der Waals surface area contributed by atoms with Crippen LogP contribution in [0.4, 0.5) is 4.39 Å². The van der Waals surface area contributed by atoms with Gasteiger partial charge in [0.25, 0.3) is 0 Å². The van der Waals surface area contributed by atoms with Crippen LogP contribution in [-0.4, -0.2) is 54.1 Å². The Morgan fingerprint density at radius 2 is 1.81 bits per heavy atom. The number of carboxylic acids is 1. The predicted molar refractivity (Wildman–Crippen MR) is 80.5 cm³/mol. The third-order valence-corrected chi connectivity index (χ3v) is 4.69. The molecule has 1 saturated heterocycles. The van der Waals surface area contributed by atoms with E-state index >= 15 is 0 Å². The number of aliphatic carboxylic acids is 1. The van der Waals surface area contributed by atoms with Crippen LogP contribution in [-0.2, 0) is 10.3 Å². The van der Waals surface area contributed by atoms with Gasteiger partial charge in [0.2, 0.25) is 0 Å². The van der Waals surface area contributed by atoms with Crippen LogP contribution >= 0.6 is 23.2 Å². The maximum absolute atomic E-state index is 13.8. The largest absolute Gasteiger partial charge is 0.480 e. The van der Waals surface area contributed by atoms with Gasteiger partial charge in [0.1, 0.15) is 11.4 Å². The molecule has 1 fully saturated rings. The molecule has 21 heavy (non-hydrogen) atoms. The van der Waals surface area contributed by atoms with E-state index in [0.29, 0.717) is 13.1 Å². The number of benzene rings is 1. The summed E-state index contributed by atoms with van der Waals surface area (Å²) in [5.74, 6) is -1.73. The molecule has 1 aromatic rings. The Kier molecular flexibility index (Phi) is 4.78. The molecule has 1 aliphatic rings. The van der Waals surface area contributed by atoms with E-state index in [2.05, 4.69) is 4.90 Å². The lowest BCUT2D eigenvalue weighted by atomic mass is 9.89. The molecular weight excluding hydrogens is 318 g/mol. The van der Waals surface area contributed by atoms with Crippen LogP contribution < -0.4 is 0 Å². The van der Waals surface area contributed by atoms with Crippen molar-refractivity contribution in [3.8, 4) is 0 Å². The van der Waals surface area contributed by atoms with E-state index in [1.807, 2.05) is 11.9 Å². The summed E-state index contributed by atoms with van der Waals surface area (Å²) in [6.45, 7) is 4.18. The molecule has 0 spiro atoms. The van der Waals surface area contributed by atoms with E-state index in [1.165, 1.54) is 6.07 Å². The van der Waals surface area contributed by atoms with Crippen molar-refractivity contribution in [1.29, 1.82) is 0 Å². The Morgan fingerprint density at radius 3 is 2.33 bits per heavy atom. The summed E-state index contributed by atoms with van der Waals surface area (Å²) in [5, 5.41) is 9.76. The van der Waals surface area contributed by atoms with E-state index in [9.17, 15) is 14.3 Å². The van der Waals surface area contributed by atoms with Crippen LogP contribution in [0.1, 0.15) is 12.5 Å². The lowest BCUT2D eigenvalue weighted by molar-refractivity contribution is -0.152. The van der Waals surface area contributed by atoms with Gasteiger partial charge < -0.3 is 10.0 Å². The quantitative estimate of drug-likeness (QED) is 0.863. The molecule has 1 aromatic carbocycles. The molecule has 0 aliphatic carbocycles. The van der Waals surface area contributed by atoms with Gasteiger partial charge in [-0.2, -0.15) is 0 Å². The second kappa shape index (κ2) is 6.08. The molecule has 1 N–H and O–H groups in total. The van der Waals surface area contributed by atoms with Crippen LogP contribution in [0.5, 0.6) is 0 Å². The van der Waals surface area contributed by atoms with Gasteiger partial charge in [0, 0.05) is 36.8 Å². The topological polar surface area (TPSA) is 43.8 Å². The van der Waals surface area contributed by atoms with Gasteiger partial charge in [-0.15, -0.1) is 0 Å². The van der Waals surface area contributed by atoms with Crippen LogP contribution in [0.2, 0.25) is 10.0 Å². The molecule has 0 radical (unpaired) electrons. The van der Waals surface area contributed by atoms with Gasteiger partial charge >= 0.3 is 5.97 Å². The Labute approximate surface area is 133 Å². The first kappa shape index (κ1) is 16.5. The molecule has 0 bridgehead atoms. The molecule has 0 aromatic heterocycles. The van der Waals surface area contributed by atoms with E-state index in [4.69, 9.17) is 23.2 Å². The summed E-state index contributed by atoms with van der Waals surface area (Å²) < 4.78 is 13.8. The number of carbonyl (C=O) groups is 1. The monoisotopic (exact) mass is 334 g/mol. The Balaban J connectivity index is 2.48. The number of hydrogen-bond acceptors (Lipinski definition) is 3. The Hall–Kier alpha value is -0.880. The zero-order chi connectivity index (χ0) is 15.8. The van der Waals surface area contributed by atoms with Gasteiger partial charge in [-0.1, -0.05) is 23.2 Å². The number of halogens is 3. The zero-order valence-corrected chi connectivity index (χ0v) is 13.4. The van der Waals surface area contributed by atoms with Gasteiger partial charge in [0.05, 0.1) is 5.02 Å². The van der Waals surface area contributed by atoms with E-state index in [0.717, 1.165) is 19.2 Å². The van der Waals surface area contributed by atoms with E-state index < -0.39 is 17.3 Å². The summed E-state index contributed by atoms with van der Waals surface area (Å²) in [4.78, 5) is 15.8. The fraction of sp³-hybridized carbons (Fsp3) is 0.500. The van der Waals surface area contributed by atoms with Crippen LogP contribution in [0.25, 0.3) is 0 Å². The minimum Gasteiger partial charge on any atom is -0.480 e. The normalized spacial score (nSPS) is 20.2. The third-order valence-electron chi connectivity index (χ3n) is 4.09. The highest BCUT2D eigenvalue weighted by molar-refractivity contribution is 6.35. The molecule has 1 unspecified atom stereocenters. The second-order valence-electron chi connectivity index (χ2n) is 5.41. The van der Waals surface area contributed by atoms with Crippen LogP contribution in [0.3, 0.4) is 0 Å². The summed E-state index contributed by atoms with van der Waals surface area (Å²) in [7, 11) is 1.98. The van der Waals surface area contributed by atoms with Crippen molar-refractivity contribution in [2.45, 2.75) is 12.5 Å². The number of piperazine rings is 1. The fourth-order valence-corrected chi connectivity index (χ4v) is 3.14. The number of likely N-dealkylation sites (N-methyl/N-ethyl adjacent to an activating group) is 1. The SMILES string of the molecule is CN1CCN(C(C)(C(=O)O)c2cc(F)c(Cl)cc2Cl)CC1. The van der Waals surface area contributed by atoms with Gasteiger partial charge in [-0.25, -0.2) is 9.18 Å². The lowest BCUT2D eigenvalue weighted by Crippen LogP contribution is -2.57. The molecule has 7 heteroatoms. The van der Waals surface area contributed by atoms with E-state index in [1.54, 1.807) is 6.92 Å². The minimum atomic E-state index is -1.39. The lowest BCUT2D eigenvalue weighted by Gasteiger charge is -2.43. The fourth-order valence-electron chi connectivity index (χ4n) is 2.57. The predicted octanol–water partition coefficient (Wildman–Crippen LogP) is 2.68. The third kappa shape index (κ3) is 3.01. The maximum Gasteiger partial charge on any atom is 0.328 e. The van der Waals surface area contributed by atoms with Gasteiger partial charge in [-0.3, -0.25) is 4.90 Å². The molecule has 4 nitrogen and oxygen atoms in total. The van der Waals surface area contributed by atoms with Gasteiger partial charge in [-0.05, 0) is 26.1 Å². The second-order valence-corrected chi connectivity index (χ2v) is 6.23. The number of hydrogen-bond donors (Lipinski definition) is 1. The molecule has 1 atom stereocenters. The first-order chi connectivity index (χ1) is 9.76. The smallest absolute Gasteiger partial charge is 0.328 e. The van der Waals surface area contributed by atoms with E-state index in [-0.39, 0.29) is 15.6 Å². The molecule has 0 saturated carbocycles. The summed E-state index contributed by atoms with van der Waals surface area (Å²) in [5.41, 5.74) is -1.16. The molecule has 1 aliphatic heterocycles. The van der Waals surface area contributed by atoms with Crippen molar-refractivity contribution in [2.75, 3.05) is 33.2 Å². The standard InChI is InChI=1S/C14H17Cl2FN2O2/c1-14(13(20)21,19-5-3-18(2)4-6-19)9-7-12(17)11(16)8-10(9)15/h7-8H,3-6H2,1-2H3,(H,20,21). The minimum absolute atomic E-state index is 0.116.